The van der Waals surface area contributed by atoms with Gasteiger partial charge in [0.2, 0.25) is 0 Å². The van der Waals surface area contributed by atoms with Crippen molar-refractivity contribution in [2.45, 2.75) is 50.7 Å². The molecule has 2 fully saturated rings. The van der Waals surface area contributed by atoms with E-state index in [0.29, 0.717) is 6.04 Å². The summed E-state index contributed by atoms with van der Waals surface area (Å²) in [5.41, 5.74) is 2.67. The summed E-state index contributed by atoms with van der Waals surface area (Å²) in [5.74, 6) is 0.841. The molecule has 1 saturated carbocycles. The molecule has 3 unspecified atom stereocenters. The zero-order chi connectivity index (χ0) is 14.7. The Morgan fingerprint density at radius 3 is 2.57 bits per heavy atom. The quantitative estimate of drug-likeness (QED) is 0.872. The number of nitrogens with one attached hydrogen (secondary N) is 2. The van der Waals surface area contributed by atoms with Crippen LogP contribution in [0.5, 0.6) is 0 Å². The maximum absolute atomic E-state index is 3.82. The second kappa shape index (κ2) is 6.80. The van der Waals surface area contributed by atoms with E-state index >= 15 is 0 Å². The molecule has 1 aliphatic carbocycles. The van der Waals surface area contributed by atoms with Crippen LogP contribution in [-0.2, 0) is 6.54 Å². The van der Waals surface area contributed by atoms with Crippen LogP contribution in [0.15, 0.2) is 24.3 Å². The predicted octanol–water partition coefficient (Wildman–Crippen LogP) is 2.76. The van der Waals surface area contributed by atoms with E-state index < -0.39 is 0 Å². The van der Waals surface area contributed by atoms with Gasteiger partial charge < -0.3 is 15.5 Å². The molecule has 1 saturated heterocycles. The van der Waals surface area contributed by atoms with Crippen LogP contribution in [0.4, 0.5) is 5.69 Å². The Balaban J connectivity index is 1.53. The van der Waals surface area contributed by atoms with Crippen molar-refractivity contribution >= 4 is 5.69 Å². The molecule has 1 aromatic carbocycles. The molecule has 0 aromatic heterocycles. The Labute approximate surface area is 129 Å². The highest BCUT2D eigenvalue weighted by Gasteiger charge is 2.34. The smallest absolute Gasteiger partial charge is 0.0361 e. The fourth-order valence-electron chi connectivity index (χ4n) is 3.96. The van der Waals surface area contributed by atoms with Crippen molar-refractivity contribution < 1.29 is 0 Å². The van der Waals surface area contributed by atoms with Crippen LogP contribution in [0.3, 0.4) is 0 Å². The molecule has 0 bridgehead atoms. The normalized spacial score (nSPS) is 29.0. The van der Waals surface area contributed by atoms with E-state index in [4.69, 9.17) is 0 Å². The molecule has 2 aliphatic rings. The standard InChI is InChI=1S/C18H29N3/c1-21(2)15-10-8-14(9-11-15)13-20-18-6-3-5-16(18)17-7-4-12-19-17/h8-11,16-20H,3-7,12-13H2,1-2H3. The number of hydrogen-bond acceptors (Lipinski definition) is 3. The van der Waals surface area contributed by atoms with Crippen LogP contribution in [0.25, 0.3) is 0 Å². The van der Waals surface area contributed by atoms with Crippen molar-refractivity contribution in [2.75, 3.05) is 25.5 Å². The molecule has 21 heavy (non-hydrogen) atoms. The summed E-state index contributed by atoms with van der Waals surface area (Å²) in [6.45, 7) is 2.22. The topological polar surface area (TPSA) is 27.3 Å². The van der Waals surface area contributed by atoms with Gasteiger partial charge in [-0.1, -0.05) is 18.6 Å². The molecular weight excluding hydrogens is 258 g/mol. The summed E-state index contributed by atoms with van der Waals surface area (Å²) in [4.78, 5) is 2.15. The van der Waals surface area contributed by atoms with Gasteiger partial charge in [0, 0.05) is 38.4 Å². The Morgan fingerprint density at radius 2 is 1.90 bits per heavy atom. The summed E-state index contributed by atoms with van der Waals surface area (Å²) >= 11 is 0. The highest BCUT2D eigenvalue weighted by molar-refractivity contribution is 5.45. The second-order valence-electron chi connectivity index (χ2n) is 6.85. The van der Waals surface area contributed by atoms with Gasteiger partial charge in [-0.2, -0.15) is 0 Å². The molecule has 0 amide bonds. The van der Waals surface area contributed by atoms with Crippen LogP contribution < -0.4 is 15.5 Å². The molecule has 116 valence electrons. The molecule has 1 aliphatic heterocycles. The van der Waals surface area contributed by atoms with E-state index in [-0.39, 0.29) is 0 Å². The lowest BCUT2D eigenvalue weighted by Crippen LogP contribution is -2.41. The molecule has 3 atom stereocenters. The van der Waals surface area contributed by atoms with Gasteiger partial charge in [0.15, 0.2) is 0 Å². The first-order chi connectivity index (χ1) is 10.2. The third-order valence-corrected chi connectivity index (χ3v) is 5.21. The highest BCUT2D eigenvalue weighted by Crippen LogP contribution is 2.32. The van der Waals surface area contributed by atoms with Crippen molar-refractivity contribution in [3.05, 3.63) is 29.8 Å². The summed E-state index contributed by atoms with van der Waals surface area (Å²) in [5, 5.41) is 7.52. The Hall–Kier alpha value is -1.06. The SMILES string of the molecule is CN(C)c1ccc(CNC2CCCC2C2CCCN2)cc1. The van der Waals surface area contributed by atoms with E-state index in [1.165, 1.54) is 49.9 Å². The number of rotatable bonds is 5. The minimum absolute atomic E-state index is 0.703. The number of nitrogens with zero attached hydrogens (tertiary/aromatic N) is 1. The summed E-state index contributed by atoms with van der Waals surface area (Å²) in [7, 11) is 4.18. The number of anilines is 1. The van der Waals surface area contributed by atoms with Gasteiger partial charge >= 0.3 is 0 Å². The van der Waals surface area contributed by atoms with E-state index in [0.717, 1.165) is 18.5 Å². The molecule has 0 spiro atoms. The first-order valence-electron chi connectivity index (χ1n) is 8.47. The first-order valence-corrected chi connectivity index (χ1v) is 8.47. The minimum Gasteiger partial charge on any atom is -0.378 e. The van der Waals surface area contributed by atoms with Gasteiger partial charge in [0.25, 0.3) is 0 Å². The fourth-order valence-corrected chi connectivity index (χ4v) is 3.96. The lowest BCUT2D eigenvalue weighted by atomic mass is 9.93. The summed E-state index contributed by atoms with van der Waals surface area (Å²) < 4.78 is 0. The highest BCUT2D eigenvalue weighted by atomic mass is 15.1. The van der Waals surface area contributed by atoms with Crippen LogP contribution in [0, 0.1) is 5.92 Å². The Kier molecular flexibility index (Phi) is 4.81. The minimum atomic E-state index is 0.703. The van der Waals surface area contributed by atoms with Gasteiger partial charge in [-0.25, -0.2) is 0 Å². The second-order valence-corrected chi connectivity index (χ2v) is 6.85. The van der Waals surface area contributed by atoms with Crippen LogP contribution in [0.2, 0.25) is 0 Å². The molecule has 1 aromatic rings. The Morgan fingerprint density at radius 1 is 1.10 bits per heavy atom. The van der Waals surface area contributed by atoms with Crippen LogP contribution in [0.1, 0.15) is 37.7 Å². The molecular formula is C18H29N3. The number of benzene rings is 1. The third kappa shape index (κ3) is 3.58. The zero-order valence-corrected chi connectivity index (χ0v) is 13.4. The molecule has 3 nitrogen and oxygen atoms in total. The third-order valence-electron chi connectivity index (χ3n) is 5.21. The average molecular weight is 287 g/mol. The van der Waals surface area contributed by atoms with E-state index in [2.05, 4.69) is 53.9 Å². The van der Waals surface area contributed by atoms with E-state index in [1.807, 2.05) is 0 Å². The Bertz CT molecular complexity index is 434. The maximum atomic E-state index is 3.82. The van der Waals surface area contributed by atoms with Crippen molar-refractivity contribution in [2.24, 2.45) is 5.92 Å². The van der Waals surface area contributed by atoms with Gasteiger partial charge in [0.1, 0.15) is 0 Å². The molecule has 3 rings (SSSR count). The van der Waals surface area contributed by atoms with E-state index in [9.17, 15) is 0 Å². The van der Waals surface area contributed by atoms with Crippen molar-refractivity contribution in [1.29, 1.82) is 0 Å². The van der Waals surface area contributed by atoms with E-state index in [1.54, 1.807) is 0 Å². The van der Waals surface area contributed by atoms with Gasteiger partial charge in [-0.15, -0.1) is 0 Å². The maximum Gasteiger partial charge on any atom is 0.0361 e. The summed E-state index contributed by atoms with van der Waals surface area (Å²) in [6.07, 6.45) is 6.87. The van der Waals surface area contributed by atoms with Crippen LogP contribution >= 0.6 is 0 Å². The van der Waals surface area contributed by atoms with Gasteiger partial charge in [-0.3, -0.25) is 0 Å². The predicted molar refractivity (Wildman–Crippen MR) is 89.8 cm³/mol. The monoisotopic (exact) mass is 287 g/mol. The van der Waals surface area contributed by atoms with Gasteiger partial charge in [-0.05, 0) is 55.8 Å². The molecule has 2 N–H and O–H groups in total. The number of hydrogen-bond donors (Lipinski definition) is 2. The van der Waals surface area contributed by atoms with Crippen molar-refractivity contribution in [1.82, 2.24) is 10.6 Å². The van der Waals surface area contributed by atoms with Gasteiger partial charge in [0.05, 0.1) is 0 Å². The zero-order valence-electron chi connectivity index (χ0n) is 13.4. The molecule has 3 heteroatoms. The average Bonchev–Trinajstić information content (AvgIpc) is 3.16. The first kappa shape index (κ1) is 14.9. The largest absolute Gasteiger partial charge is 0.378 e. The van der Waals surface area contributed by atoms with Crippen LogP contribution in [-0.4, -0.2) is 32.7 Å². The lowest BCUT2D eigenvalue weighted by Gasteiger charge is -2.26. The lowest BCUT2D eigenvalue weighted by molar-refractivity contribution is 0.320. The molecule has 1 heterocycles. The molecule has 0 radical (unpaired) electrons. The fraction of sp³-hybridized carbons (Fsp3) is 0.667. The van der Waals surface area contributed by atoms with Crippen molar-refractivity contribution in [3.63, 3.8) is 0 Å². The van der Waals surface area contributed by atoms with Crippen molar-refractivity contribution in [3.8, 4) is 0 Å². The summed E-state index contributed by atoms with van der Waals surface area (Å²) in [6, 6.07) is 10.4.